The van der Waals surface area contributed by atoms with Crippen molar-refractivity contribution in [3.05, 3.63) is 46.1 Å². The summed E-state index contributed by atoms with van der Waals surface area (Å²) in [5, 5.41) is 4.71. The Kier molecular flexibility index (Phi) is 6.54. The molecule has 152 valence electrons. The monoisotopic (exact) mass is 428 g/mol. The van der Waals surface area contributed by atoms with E-state index in [2.05, 4.69) is 22.2 Å². The number of hydrogen-bond donors (Lipinski definition) is 1. The summed E-state index contributed by atoms with van der Waals surface area (Å²) in [6, 6.07) is 5.77. The molecule has 0 bridgehead atoms. The molecule has 0 aliphatic heterocycles. The fourth-order valence-corrected chi connectivity index (χ4v) is 4.94. The molecule has 0 spiro atoms. The van der Waals surface area contributed by atoms with Crippen LogP contribution in [-0.2, 0) is 9.59 Å². The van der Waals surface area contributed by atoms with Crippen LogP contribution in [0.15, 0.2) is 29.6 Å². The van der Waals surface area contributed by atoms with Gasteiger partial charge in [-0.05, 0) is 50.5 Å². The van der Waals surface area contributed by atoms with Gasteiger partial charge in [0, 0.05) is 23.0 Å². The average Bonchev–Trinajstić information content (AvgIpc) is 2.98. The van der Waals surface area contributed by atoms with Gasteiger partial charge < -0.3 is 10.2 Å². The van der Waals surface area contributed by atoms with E-state index in [0.717, 1.165) is 37.6 Å². The molecule has 8 heteroatoms. The molecule has 0 saturated heterocycles. The zero-order valence-electron chi connectivity index (χ0n) is 17.2. The summed E-state index contributed by atoms with van der Waals surface area (Å²) in [5.74, 6) is -0.121. The summed E-state index contributed by atoms with van der Waals surface area (Å²) >= 11 is 3.01. The molecular formula is C21H24N4O2S2. The zero-order chi connectivity index (χ0) is 21.1. The number of fused-ring (bicyclic) bond motifs is 1. The second-order valence-electron chi connectivity index (χ2n) is 6.98. The number of anilines is 1. The lowest BCUT2D eigenvalue weighted by molar-refractivity contribution is -0.131. The highest BCUT2D eigenvalue weighted by Gasteiger charge is 2.17. The molecular weight excluding hydrogens is 404 g/mol. The summed E-state index contributed by atoms with van der Waals surface area (Å²) in [6.45, 7) is 8.07. The van der Waals surface area contributed by atoms with Crippen molar-refractivity contribution in [3.63, 3.8) is 0 Å². The van der Waals surface area contributed by atoms with E-state index in [-0.39, 0.29) is 24.1 Å². The number of hydrogen-bond acceptors (Lipinski definition) is 6. The average molecular weight is 429 g/mol. The van der Waals surface area contributed by atoms with E-state index >= 15 is 0 Å². The highest BCUT2D eigenvalue weighted by molar-refractivity contribution is 8.00. The minimum atomic E-state index is -0.215. The molecule has 0 unspecified atom stereocenters. The number of benzene rings is 1. The smallest absolute Gasteiger partial charge is 0.243 e. The molecule has 3 aromatic rings. The molecule has 0 aliphatic carbocycles. The Morgan fingerprint density at radius 1 is 1.14 bits per heavy atom. The molecule has 2 aromatic heterocycles. The van der Waals surface area contributed by atoms with Crippen molar-refractivity contribution in [2.45, 2.75) is 32.7 Å². The second kappa shape index (κ2) is 8.92. The van der Waals surface area contributed by atoms with Crippen molar-refractivity contribution in [3.8, 4) is 0 Å². The number of aryl methyl sites for hydroxylation is 3. The van der Waals surface area contributed by atoms with Gasteiger partial charge in [0.25, 0.3) is 0 Å². The van der Waals surface area contributed by atoms with Crippen LogP contribution in [0.5, 0.6) is 0 Å². The number of aromatic nitrogens is 2. The summed E-state index contributed by atoms with van der Waals surface area (Å²) in [4.78, 5) is 37.2. The molecule has 0 aliphatic rings. The van der Waals surface area contributed by atoms with Gasteiger partial charge in [-0.3, -0.25) is 9.59 Å². The second-order valence-corrected chi connectivity index (χ2v) is 9.14. The van der Waals surface area contributed by atoms with Gasteiger partial charge in [0.15, 0.2) is 0 Å². The molecule has 2 heterocycles. The number of rotatable bonds is 6. The van der Waals surface area contributed by atoms with E-state index in [1.54, 1.807) is 18.4 Å². The molecule has 0 fully saturated rings. The van der Waals surface area contributed by atoms with Crippen LogP contribution in [-0.4, -0.2) is 46.0 Å². The summed E-state index contributed by atoms with van der Waals surface area (Å²) < 4.78 is 0. The molecule has 0 atom stereocenters. The number of carbonyl (C=O) groups is 2. The lowest BCUT2D eigenvalue weighted by Gasteiger charge is -2.17. The Morgan fingerprint density at radius 3 is 2.66 bits per heavy atom. The van der Waals surface area contributed by atoms with Crippen molar-refractivity contribution in [2.24, 2.45) is 0 Å². The van der Waals surface area contributed by atoms with Crippen LogP contribution < -0.4 is 5.32 Å². The lowest BCUT2D eigenvalue weighted by atomic mass is 10.1. The van der Waals surface area contributed by atoms with Gasteiger partial charge in [0.05, 0.1) is 12.3 Å². The zero-order valence-corrected chi connectivity index (χ0v) is 18.8. The predicted molar refractivity (Wildman–Crippen MR) is 120 cm³/mol. The van der Waals surface area contributed by atoms with E-state index in [9.17, 15) is 9.59 Å². The molecule has 1 N–H and O–H groups in total. The molecule has 0 radical (unpaired) electrons. The number of thiophene rings is 1. The maximum absolute atomic E-state index is 12.5. The number of thioether (sulfide) groups is 1. The van der Waals surface area contributed by atoms with Crippen LogP contribution in [0.3, 0.4) is 0 Å². The number of amides is 2. The van der Waals surface area contributed by atoms with Crippen molar-refractivity contribution >= 4 is 50.8 Å². The van der Waals surface area contributed by atoms with E-state index in [4.69, 9.17) is 0 Å². The van der Waals surface area contributed by atoms with Gasteiger partial charge >= 0.3 is 0 Å². The maximum atomic E-state index is 12.5. The van der Waals surface area contributed by atoms with Gasteiger partial charge in [-0.1, -0.05) is 23.9 Å². The van der Waals surface area contributed by atoms with Gasteiger partial charge in [0.1, 0.15) is 16.2 Å². The third-order valence-electron chi connectivity index (χ3n) is 4.95. The van der Waals surface area contributed by atoms with E-state index in [0.29, 0.717) is 0 Å². The maximum Gasteiger partial charge on any atom is 0.243 e. The fourth-order valence-electron chi connectivity index (χ4n) is 2.88. The highest BCUT2D eigenvalue weighted by atomic mass is 32.2. The Bertz CT molecular complexity index is 1080. The van der Waals surface area contributed by atoms with Gasteiger partial charge in [0.2, 0.25) is 11.8 Å². The Labute approximate surface area is 178 Å². The molecule has 3 rings (SSSR count). The SMILES string of the molecule is Cc1cccc(NC(=O)CN(C)C(=O)CSc2ncnc3sc(C)c(C)c23)c1C. The minimum Gasteiger partial charge on any atom is -0.336 e. The van der Waals surface area contributed by atoms with E-state index < -0.39 is 0 Å². The van der Waals surface area contributed by atoms with Crippen molar-refractivity contribution in [2.75, 3.05) is 24.7 Å². The topological polar surface area (TPSA) is 75.2 Å². The van der Waals surface area contributed by atoms with Crippen molar-refractivity contribution in [1.29, 1.82) is 0 Å². The van der Waals surface area contributed by atoms with Crippen LogP contribution >= 0.6 is 23.1 Å². The standard InChI is InChI=1S/C21H24N4O2S2/c1-12-7-6-8-16(13(12)2)24-17(26)9-25(5)18(27)10-28-20-19-14(3)15(4)29-21(19)23-11-22-20/h6-8,11H,9-10H2,1-5H3,(H,24,26). The van der Waals surface area contributed by atoms with Gasteiger partial charge in [-0.15, -0.1) is 11.3 Å². The lowest BCUT2D eigenvalue weighted by Crippen LogP contribution is -2.36. The molecule has 2 amide bonds. The largest absolute Gasteiger partial charge is 0.336 e. The Hall–Kier alpha value is -2.45. The first-order valence-corrected chi connectivity index (χ1v) is 11.0. The van der Waals surface area contributed by atoms with Crippen LogP contribution in [0.2, 0.25) is 0 Å². The first-order chi connectivity index (χ1) is 13.8. The van der Waals surface area contributed by atoms with E-state index in [1.165, 1.54) is 27.9 Å². The molecule has 1 aromatic carbocycles. The molecule has 6 nitrogen and oxygen atoms in total. The summed E-state index contributed by atoms with van der Waals surface area (Å²) in [5.41, 5.74) is 4.07. The van der Waals surface area contributed by atoms with Crippen LogP contribution in [0.1, 0.15) is 21.6 Å². The third-order valence-corrected chi connectivity index (χ3v) is 7.04. The van der Waals surface area contributed by atoms with Crippen LogP contribution in [0.25, 0.3) is 10.2 Å². The normalized spacial score (nSPS) is 10.9. The molecule has 29 heavy (non-hydrogen) atoms. The third kappa shape index (κ3) is 4.76. The summed E-state index contributed by atoms with van der Waals surface area (Å²) in [6.07, 6.45) is 1.53. The van der Waals surface area contributed by atoms with Gasteiger partial charge in [-0.2, -0.15) is 0 Å². The highest BCUT2D eigenvalue weighted by Crippen LogP contribution is 2.34. The minimum absolute atomic E-state index is 0.00253. The van der Waals surface area contributed by atoms with Crippen molar-refractivity contribution in [1.82, 2.24) is 14.9 Å². The summed E-state index contributed by atoms with van der Waals surface area (Å²) in [7, 11) is 1.64. The Balaban J connectivity index is 1.60. The van der Waals surface area contributed by atoms with E-state index in [1.807, 2.05) is 39.0 Å². The predicted octanol–water partition coefficient (Wildman–Crippen LogP) is 4.11. The number of carbonyl (C=O) groups excluding carboxylic acids is 2. The number of nitrogens with one attached hydrogen (secondary N) is 1. The Morgan fingerprint density at radius 2 is 1.90 bits per heavy atom. The number of likely N-dealkylation sites (N-methyl/N-ethyl adjacent to an activating group) is 1. The first-order valence-electron chi connectivity index (χ1n) is 9.21. The van der Waals surface area contributed by atoms with Crippen molar-refractivity contribution < 1.29 is 9.59 Å². The fraction of sp³-hybridized carbons (Fsp3) is 0.333. The number of nitrogens with zero attached hydrogens (tertiary/aromatic N) is 3. The molecule has 0 saturated carbocycles. The first kappa shape index (κ1) is 21.3. The quantitative estimate of drug-likeness (QED) is 0.472. The van der Waals surface area contributed by atoms with Crippen LogP contribution in [0, 0.1) is 27.7 Å². The van der Waals surface area contributed by atoms with Crippen LogP contribution in [0.4, 0.5) is 5.69 Å². The van der Waals surface area contributed by atoms with Gasteiger partial charge in [-0.25, -0.2) is 9.97 Å².